The summed E-state index contributed by atoms with van der Waals surface area (Å²) in [5.74, 6) is 2.28. The van der Waals surface area contributed by atoms with Crippen LogP contribution in [0.15, 0.2) is 0 Å². The van der Waals surface area contributed by atoms with Gasteiger partial charge in [0.2, 0.25) is 5.75 Å². The Morgan fingerprint density at radius 2 is 2.25 bits per heavy atom. The summed E-state index contributed by atoms with van der Waals surface area (Å²) in [6.07, 6.45) is 0. The van der Waals surface area contributed by atoms with Crippen LogP contribution in [0.4, 0.5) is 0 Å². The SMILES string of the molecule is [NH3+]O[S+]([O])(=O)CCO. The lowest BCUT2D eigenvalue weighted by Crippen LogP contribution is -2.53. The van der Waals surface area contributed by atoms with E-state index in [2.05, 4.69) is 10.2 Å². The van der Waals surface area contributed by atoms with Crippen molar-refractivity contribution >= 4 is 10.5 Å². The van der Waals surface area contributed by atoms with Gasteiger partial charge in [0.25, 0.3) is 0 Å². The average molecular weight is 142 g/mol. The Labute approximate surface area is 47.9 Å². The van der Waals surface area contributed by atoms with Gasteiger partial charge in [0, 0.05) is 4.28 Å². The van der Waals surface area contributed by atoms with Crippen molar-refractivity contribution in [3.63, 3.8) is 0 Å². The van der Waals surface area contributed by atoms with Crippen LogP contribution in [-0.2, 0) is 23.5 Å². The molecule has 0 aromatic heterocycles. The normalized spacial score (nSPS) is 17.9. The number of rotatable bonds is 3. The van der Waals surface area contributed by atoms with E-state index in [1.165, 1.54) is 0 Å². The summed E-state index contributed by atoms with van der Waals surface area (Å²) in [5, 5.41) is 8.05. The van der Waals surface area contributed by atoms with Crippen LogP contribution < -0.4 is 5.90 Å². The molecule has 0 aromatic rings. The highest BCUT2D eigenvalue weighted by Crippen LogP contribution is 1.94. The zero-order chi connectivity index (χ0) is 6.62. The van der Waals surface area contributed by atoms with Crippen LogP contribution in [0.1, 0.15) is 0 Å². The predicted molar refractivity (Wildman–Crippen MR) is 24.7 cm³/mol. The lowest BCUT2D eigenvalue weighted by Gasteiger charge is -1.86. The van der Waals surface area contributed by atoms with Gasteiger partial charge in [-0.25, -0.2) is 0 Å². The summed E-state index contributed by atoms with van der Waals surface area (Å²) in [5.41, 5.74) is 0. The fourth-order valence-corrected chi connectivity index (χ4v) is 0.512. The molecular weight excluding hydrogens is 134 g/mol. The quantitative estimate of drug-likeness (QED) is 0.349. The van der Waals surface area contributed by atoms with Gasteiger partial charge in [-0.2, -0.15) is 5.90 Å². The number of hydrogen-bond acceptors (Lipinski definition) is 3. The number of hydrogen-bond donors (Lipinski definition) is 2. The lowest BCUT2D eigenvalue weighted by molar-refractivity contribution is -0.637. The van der Waals surface area contributed by atoms with Gasteiger partial charge in [-0.05, 0) is 4.21 Å². The van der Waals surface area contributed by atoms with Crippen molar-refractivity contribution in [2.75, 3.05) is 12.4 Å². The van der Waals surface area contributed by atoms with Crippen LogP contribution in [0.25, 0.3) is 0 Å². The highest BCUT2D eigenvalue weighted by Gasteiger charge is 2.31. The minimum atomic E-state index is -3.53. The van der Waals surface area contributed by atoms with Gasteiger partial charge in [0.05, 0.1) is 11.2 Å². The molecule has 6 heteroatoms. The van der Waals surface area contributed by atoms with Crippen molar-refractivity contribution in [1.29, 1.82) is 0 Å². The zero-order valence-electron chi connectivity index (χ0n) is 4.20. The summed E-state index contributed by atoms with van der Waals surface area (Å²) >= 11 is 0. The first-order valence-electron chi connectivity index (χ1n) is 1.89. The average Bonchev–Trinajstić information content (AvgIpc) is 1.67. The van der Waals surface area contributed by atoms with Crippen molar-refractivity contribution in [1.82, 2.24) is 0 Å². The van der Waals surface area contributed by atoms with E-state index in [0.717, 1.165) is 0 Å². The Kier molecular flexibility index (Phi) is 3.10. The van der Waals surface area contributed by atoms with Gasteiger partial charge in [0.1, 0.15) is 0 Å². The van der Waals surface area contributed by atoms with Crippen molar-refractivity contribution < 1.29 is 24.0 Å². The van der Waals surface area contributed by atoms with Crippen LogP contribution in [0.5, 0.6) is 0 Å². The van der Waals surface area contributed by atoms with E-state index in [4.69, 9.17) is 5.11 Å². The molecule has 0 aliphatic carbocycles. The summed E-state index contributed by atoms with van der Waals surface area (Å²) in [7, 11) is -3.53. The molecule has 0 aliphatic heterocycles. The maximum absolute atomic E-state index is 10.2. The summed E-state index contributed by atoms with van der Waals surface area (Å²) < 4.78 is 24.0. The van der Waals surface area contributed by atoms with Crippen molar-refractivity contribution in [2.45, 2.75) is 0 Å². The molecule has 0 heterocycles. The second-order valence-electron chi connectivity index (χ2n) is 1.10. The molecule has 8 heavy (non-hydrogen) atoms. The van der Waals surface area contributed by atoms with Crippen LogP contribution in [0.2, 0.25) is 0 Å². The largest absolute Gasteiger partial charge is 0.451 e. The number of aliphatic hydroxyl groups is 1. The standard InChI is InChI=1S/C2H8NO4S/c3-7-8(5,6)2-1-4/h4H,1-2H2,3H3/q+2. The molecule has 4 N–H and O–H groups in total. The van der Waals surface area contributed by atoms with E-state index in [1.54, 1.807) is 0 Å². The van der Waals surface area contributed by atoms with Crippen molar-refractivity contribution in [2.24, 2.45) is 0 Å². The molecule has 0 rings (SSSR count). The van der Waals surface area contributed by atoms with Gasteiger partial charge in [-0.1, -0.05) is 0 Å². The molecule has 1 radical (unpaired) electrons. The molecule has 0 spiro atoms. The van der Waals surface area contributed by atoms with E-state index in [9.17, 15) is 8.76 Å². The molecule has 0 saturated heterocycles. The summed E-state index contributed by atoms with van der Waals surface area (Å²) in [6, 6.07) is 0. The topological polar surface area (TPSA) is 94.1 Å². The van der Waals surface area contributed by atoms with Gasteiger partial charge >= 0.3 is 10.5 Å². The number of aliphatic hydroxyl groups excluding tert-OH is 1. The second kappa shape index (κ2) is 3.10. The predicted octanol–water partition coefficient (Wildman–Crippen LogP) is -2.09. The Balaban J connectivity index is 3.55. The Bertz CT molecular complexity index is 104. The number of quaternary nitrogens is 1. The second-order valence-corrected chi connectivity index (χ2v) is 2.86. The van der Waals surface area contributed by atoms with Crippen molar-refractivity contribution in [3.8, 4) is 0 Å². The highest BCUT2D eigenvalue weighted by molar-refractivity contribution is 7.92. The maximum atomic E-state index is 10.2. The smallest absolute Gasteiger partial charge is 0.391 e. The van der Waals surface area contributed by atoms with Gasteiger partial charge in [-0.3, -0.25) is 0 Å². The zero-order valence-corrected chi connectivity index (χ0v) is 5.02. The first-order valence-corrected chi connectivity index (χ1v) is 3.47. The van der Waals surface area contributed by atoms with E-state index in [-0.39, 0.29) is 0 Å². The molecule has 0 saturated carbocycles. The molecule has 5 nitrogen and oxygen atoms in total. The van der Waals surface area contributed by atoms with Crippen LogP contribution >= 0.6 is 0 Å². The fourth-order valence-electron chi connectivity index (χ4n) is 0.171. The maximum Gasteiger partial charge on any atom is 0.451 e. The Hall–Kier alpha value is -0.0100. The summed E-state index contributed by atoms with van der Waals surface area (Å²) in [6.45, 7) is -0.433. The monoisotopic (exact) mass is 142 g/mol. The minimum Gasteiger partial charge on any atom is -0.391 e. The van der Waals surface area contributed by atoms with Crippen molar-refractivity contribution in [3.05, 3.63) is 0 Å². The third kappa shape index (κ3) is 3.05. The third-order valence-electron chi connectivity index (χ3n) is 0.521. The summed E-state index contributed by atoms with van der Waals surface area (Å²) in [4.78, 5) is 0. The minimum absolute atomic E-state index is 0.392. The fraction of sp³-hybridized carbons (Fsp3) is 1.00. The molecule has 1 unspecified atom stereocenters. The van der Waals surface area contributed by atoms with E-state index < -0.39 is 22.9 Å². The van der Waals surface area contributed by atoms with E-state index >= 15 is 0 Å². The van der Waals surface area contributed by atoms with Crippen LogP contribution in [-0.4, -0.2) is 17.5 Å². The van der Waals surface area contributed by atoms with Gasteiger partial charge in [0.15, 0.2) is 0 Å². The Morgan fingerprint density at radius 3 is 2.38 bits per heavy atom. The Morgan fingerprint density at radius 1 is 1.75 bits per heavy atom. The third-order valence-corrected chi connectivity index (χ3v) is 1.56. The molecule has 0 aromatic carbocycles. The molecule has 0 fully saturated rings. The first kappa shape index (κ1) is 7.99. The first-order chi connectivity index (χ1) is 3.62. The van der Waals surface area contributed by atoms with Gasteiger partial charge in [-0.15, -0.1) is 0 Å². The molecule has 0 aliphatic rings. The lowest BCUT2D eigenvalue weighted by atomic mass is 10.9. The van der Waals surface area contributed by atoms with E-state index in [0.29, 0.717) is 0 Å². The highest BCUT2D eigenvalue weighted by atomic mass is 32.3. The molecule has 49 valence electrons. The molecule has 0 bridgehead atoms. The molecule has 0 amide bonds. The molecule has 1 atom stereocenters. The van der Waals surface area contributed by atoms with E-state index in [1.807, 2.05) is 0 Å². The van der Waals surface area contributed by atoms with Crippen LogP contribution in [0, 0.1) is 0 Å². The van der Waals surface area contributed by atoms with Crippen LogP contribution in [0.3, 0.4) is 0 Å². The van der Waals surface area contributed by atoms with Gasteiger partial charge < -0.3 is 5.11 Å². The molecular formula is C2H8NO4S+2.